The predicted octanol–water partition coefficient (Wildman–Crippen LogP) is 3.84. The monoisotopic (exact) mass is 397 g/mol. The number of carboxylic acids is 1. The highest BCUT2D eigenvalue weighted by Crippen LogP contribution is 2.39. The highest BCUT2D eigenvalue weighted by atomic mass is 32.2. The van der Waals surface area contributed by atoms with Gasteiger partial charge in [0.2, 0.25) is 10.0 Å². The van der Waals surface area contributed by atoms with Crippen molar-refractivity contribution in [3.63, 3.8) is 0 Å². The van der Waals surface area contributed by atoms with Gasteiger partial charge in [0.15, 0.2) is 0 Å². The van der Waals surface area contributed by atoms with Gasteiger partial charge in [0.05, 0.1) is 16.0 Å². The number of nitrogens with one attached hydrogen (secondary N) is 1. The number of benzene rings is 2. The molecule has 2 aromatic carbocycles. The van der Waals surface area contributed by atoms with E-state index >= 15 is 0 Å². The molecule has 1 aliphatic carbocycles. The molecular formula is C22H23NO4S. The van der Waals surface area contributed by atoms with Crippen molar-refractivity contribution in [1.82, 2.24) is 4.72 Å². The van der Waals surface area contributed by atoms with Crippen LogP contribution < -0.4 is 4.72 Å². The number of carboxylic acid groups (broad SMARTS) is 1. The van der Waals surface area contributed by atoms with E-state index in [1.54, 1.807) is 43.3 Å². The van der Waals surface area contributed by atoms with Crippen molar-refractivity contribution in [3.05, 3.63) is 82.9 Å². The van der Waals surface area contributed by atoms with E-state index < -0.39 is 21.5 Å². The van der Waals surface area contributed by atoms with Crippen molar-refractivity contribution >= 4 is 21.6 Å². The molecule has 0 amide bonds. The molecule has 6 heteroatoms. The first-order chi connectivity index (χ1) is 13.1. The maximum atomic E-state index is 13.1. The van der Waals surface area contributed by atoms with E-state index in [0.717, 1.165) is 16.7 Å². The predicted molar refractivity (Wildman–Crippen MR) is 109 cm³/mol. The number of carbonyl (C=O) groups is 1. The number of hydrogen-bond donors (Lipinski definition) is 2. The maximum absolute atomic E-state index is 13.1. The van der Waals surface area contributed by atoms with E-state index in [4.69, 9.17) is 0 Å². The second-order valence-electron chi connectivity index (χ2n) is 7.27. The van der Waals surface area contributed by atoms with Crippen LogP contribution in [0.4, 0.5) is 0 Å². The SMILES string of the molecule is Cc1ccc(S(=O)(=O)N[C@@]2(C)CC=CC(C(=O)O)=C2c2ccccc2C)cc1. The number of sulfonamides is 1. The third kappa shape index (κ3) is 3.79. The maximum Gasteiger partial charge on any atom is 0.336 e. The lowest BCUT2D eigenvalue weighted by atomic mass is 9.77. The fourth-order valence-electron chi connectivity index (χ4n) is 3.53. The van der Waals surface area contributed by atoms with Gasteiger partial charge < -0.3 is 5.11 Å². The van der Waals surface area contributed by atoms with Crippen molar-refractivity contribution < 1.29 is 18.3 Å². The Bertz CT molecular complexity index is 1080. The van der Waals surface area contributed by atoms with Crippen LogP contribution in [0.1, 0.15) is 30.0 Å². The van der Waals surface area contributed by atoms with Crippen LogP contribution in [0, 0.1) is 13.8 Å². The third-order valence-electron chi connectivity index (χ3n) is 4.97. The zero-order valence-electron chi connectivity index (χ0n) is 16.1. The number of aryl methyl sites for hydroxylation is 2. The summed E-state index contributed by atoms with van der Waals surface area (Å²) in [4.78, 5) is 12.1. The van der Waals surface area contributed by atoms with Gasteiger partial charge in [-0.15, -0.1) is 0 Å². The molecule has 1 aliphatic rings. The number of aliphatic carboxylic acids is 1. The molecule has 2 N–H and O–H groups in total. The van der Waals surface area contributed by atoms with Gasteiger partial charge in [-0.2, -0.15) is 0 Å². The van der Waals surface area contributed by atoms with Crippen molar-refractivity contribution in [1.29, 1.82) is 0 Å². The van der Waals surface area contributed by atoms with Gasteiger partial charge in [-0.05, 0) is 56.0 Å². The largest absolute Gasteiger partial charge is 0.478 e. The normalized spacial score (nSPS) is 19.7. The van der Waals surface area contributed by atoms with E-state index in [9.17, 15) is 18.3 Å². The molecule has 146 valence electrons. The molecule has 28 heavy (non-hydrogen) atoms. The minimum absolute atomic E-state index is 0.0923. The average Bonchev–Trinajstić information content (AvgIpc) is 2.62. The Morgan fingerprint density at radius 3 is 2.32 bits per heavy atom. The van der Waals surface area contributed by atoms with Gasteiger partial charge in [0, 0.05) is 0 Å². The van der Waals surface area contributed by atoms with Crippen LogP contribution in [0.5, 0.6) is 0 Å². The molecule has 0 aliphatic heterocycles. The first-order valence-electron chi connectivity index (χ1n) is 8.95. The summed E-state index contributed by atoms with van der Waals surface area (Å²) in [5, 5.41) is 9.75. The van der Waals surface area contributed by atoms with Crippen molar-refractivity contribution in [2.24, 2.45) is 0 Å². The van der Waals surface area contributed by atoms with Gasteiger partial charge in [-0.1, -0.05) is 54.1 Å². The molecule has 0 heterocycles. The van der Waals surface area contributed by atoms with Crippen molar-refractivity contribution in [2.75, 3.05) is 0 Å². The van der Waals surface area contributed by atoms with Crippen molar-refractivity contribution in [2.45, 2.75) is 37.6 Å². The highest BCUT2D eigenvalue weighted by Gasteiger charge is 2.39. The van der Waals surface area contributed by atoms with Crippen LogP contribution in [0.25, 0.3) is 5.57 Å². The lowest BCUT2D eigenvalue weighted by molar-refractivity contribution is -0.132. The molecule has 2 aromatic rings. The molecule has 1 atom stereocenters. The molecule has 0 aromatic heterocycles. The first kappa shape index (κ1) is 20.0. The van der Waals surface area contributed by atoms with Gasteiger partial charge in [0.1, 0.15) is 0 Å². The standard InChI is InChI=1S/C22H23NO4S/c1-15-10-12-17(13-11-15)28(26,27)23-22(3)14-6-9-19(21(24)25)20(22)18-8-5-4-7-16(18)2/h4-13,23H,14H2,1-3H3,(H,24,25)/t22-/m0/s1. The topological polar surface area (TPSA) is 83.5 Å². The van der Waals surface area contributed by atoms with Gasteiger partial charge >= 0.3 is 5.97 Å². The Morgan fingerprint density at radius 1 is 1.07 bits per heavy atom. The van der Waals surface area contributed by atoms with E-state index in [1.165, 1.54) is 0 Å². The lowest BCUT2D eigenvalue weighted by Crippen LogP contribution is -2.48. The Hall–Kier alpha value is -2.70. The summed E-state index contributed by atoms with van der Waals surface area (Å²) in [5.41, 5.74) is 2.02. The molecule has 0 unspecified atom stereocenters. The molecule has 0 bridgehead atoms. The summed E-state index contributed by atoms with van der Waals surface area (Å²) in [6, 6.07) is 14.0. The zero-order valence-corrected chi connectivity index (χ0v) is 16.9. The van der Waals surface area contributed by atoms with Crippen LogP contribution in [0.3, 0.4) is 0 Å². The minimum atomic E-state index is -3.85. The van der Waals surface area contributed by atoms with E-state index in [0.29, 0.717) is 12.0 Å². The number of rotatable bonds is 5. The molecule has 0 saturated heterocycles. The third-order valence-corrected chi connectivity index (χ3v) is 6.58. The van der Waals surface area contributed by atoms with E-state index in [-0.39, 0.29) is 10.5 Å². The Kier molecular flexibility index (Phi) is 5.28. The van der Waals surface area contributed by atoms with Crippen LogP contribution >= 0.6 is 0 Å². The quantitative estimate of drug-likeness (QED) is 0.803. The summed E-state index contributed by atoms with van der Waals surface area (Å²) in [5.74, 6) is -1.09. The van der Waals surface area contributed by atoms with E-state index in [2.05, 4.69) is 4.72 Å². The average molecular weight is 397 g/mol. The second kappa shape index (κ2) is 7.37. The Morgan fingerprint density at radius 2 is 1.71 bits per heavy atom. The highest BCUT2D eigenvalue weighted by molar-refractivity contribution is 7.89. The Balaban J connectivity index is 2.15. The molecule has 0 spiro atoms. The summed E-state index contributed by atoms with van der Waals surface area (Å²) in [7, 11) is -3.85. The molecular weight excluding hydrogens is 374 g/mol. The van der Waals surface area contributed by atoms with Gasteiger partial charge in [-0.25, -0.2) is 17.9 Å². The Labute approximate surface area is 165 Å². The fraction of sp³-hybridized carbons (Fsp3) is 0.227. The summed E-state index contributed by atoms with van der Waals surface area (Å²) in [6.45, 7) is 5.50. The smallest absolute Gasteiger partial charge is 0.336 e. The van der Waals surface area contributed by atoms with Crippen LogP contribution in [0.2, 0.25) is 0 Å². The molecule has 3 rings (SSSR count). The fourth-order valence-corrected chi connectivity index (χ4v) is 4.93. The summed E-state index contributed by atoms with van der Waals surface area (Å²) >= 11 is 0. The number of hydrogen-bond acceptors (Lipinski definition) is 3. The van der Waals surface area contributed by atoms with Gasteiger partial charge in [0.25, 0.3) is 0 Å². The zero-order chi connectivity index (χ0) is 20.5. The minimum Gasteiger partial charge on any atom is -0.478 e. The van der Waals surface area contributed by atoms with Crippen LogP contribution in [-0.4, -0.2) is 25.0 Å². The molecule has 0 fully saturated rings. The second-order valence-corrected chi connectivity index (χ2v) is 8.95. The summed E-state index contributed by atoms with van der Waals surface area (Å²) < 4.78 is 28.9. The summed E-state index contributed by atoms with van der Waals surface area (Å²) in [6.07, 6.45) is 3.59. The molecule has 0 saturated carbocycles. The van der Waals surface area contributed by atoms with Gasteiger partial charge in [-0.3, -0.25) is 0 Å². The molecule has 0 radical (unpaired) electrons. The van der Waals surface area contributed by atoms with Crippen LogP contribution in [0.15, 0.2) is 71.2 Å². The van der Waals surface area contributed by atoms with Crippen molar-refractivity contribution in [3.8, 4) is 0 Å². The van der Waals surface area contributed by atoms with E-state index in [1.807, 2.05) is 38.1 Å². The van der Waals surface area contributed by atoms with Crippen LogP contribution in [-0.2, 0) is 14.8 Å². The first-order valence-corrected chi connectivity index (χ1v) is 10.4. The molecule has 5 nitrogen and oxygen atoms in total. The lowest BCUT2D eigenvalue weighted by Gasteiger charge is -2.36.